The summed E-state index contributed by atoms with van der Waals surface area (Å²) in [5, 5.41) is 3.02. The van der Waals surface area contributed by atoms with Crippen molar-refractivity contribution in [3.63, 3.8) is 0 Å². The van der Waals surface area contributed by atoms with E-state index in [9.17, 15) is 9.59 Å². The molecular formula is C28H30N2O4. The summed E-state index contributed by atoms with van der Waals surface area (Å²) in [5.74, 6) is 1.57. The topological polar surface area (TPSA) is 67.9 Å². The lowest BCUT2D eigenvalue weighted by Gasteiger charge is -2.31. The normalized spacial score (nSPS) is 13.9. The fraction of sp³-hybridized carbons (Fsp3) is 0.286. The zero-order chi connectivity index (χ0) is 23.9. The Kier molecular flexibility index (Phi) is 7.48. The molecule has 1 saturated heterocycles. The van der Waals surface area contributed by atoms with Gasteiger partial charge in [0.1, 0.15) is 11.5 Å². The zero-order valence-electron chi connectivity index (χ0n) is 19.6. The quantitative estimate of drug-likeness (QED) is 0.565. The number of nitrogens with zero attached hydrogens (tertiary/aromatic N) is 1. The highest BCUT2D eigenvalue weighted by atomic mass is 16.5. The highest BCUT2D eigenvalue weighted by Crippen LogP contribution is 2.30. The molecule has 1 aliphatic heterocycles. The van der Waals surface area contributed by atoms with Gasteiger partial charge in [-0.1, -0.05) is 42.5 Å². The van der Waals surface area contributed by atoms with Crippen molar-refractivity contribution >= 4 is 11.8 Å². The predicted octanol–water partition coefficient (Wildman–Crippen LogP) is 4.54. The lowest BCUT2D eigenvalue weighted by atomic mass is 9.95. The first kappa shape index (κ1) is 23.4. The van der Waals surface area contributed by atoms with E-state index in [1.54, 1.807) is 14.2 Å². The molecule has 0 spiro atoms. The van der Waals surface area contributed by atoms with E-state index in [0.717, 1.165) is 28.2 Å². The summed E-state index contributed by atoms with van der Waals surface area (Å²) in [4.78, 5) is 27.5. The fourth-order valence-corrected chi connectivity index (χ4v) is 4.28. The Labute approximate surface area is 200 Å². The van der Waals surface area contributed by atoms with Gasteiger partial charge < -0.3 is 19.7 Å². The Bertz CT molecular complexity index is 1120. The van der Waals surface area contributed by atoms with Crippen LogP contribution in [0.4, 0.5) is 0 Å². The van der Waals surface area contributed by atoms with E-state index in [1.165, 1.54) is 0 Å². The van der Waals surface area contributed by atoms with E-state index in [1.807, 2.05) is 77.7 Å². The monoisotopic (exact) mass is 458 g/mol. The number of benzene rings is 3. The van der Waals surface area contributed by atoms with Crippen molar-refractivity contribution in [1.29, 1.82) is 0 Å². The maximum absolute atomic E-state index is 13.0. The first-order valence-electron chi connectivity index (χ1n) is 11.5. The van der Waals surface area contributed by atoms with Gasteiger partial charge in [-0.2, -0.15) is 0 Å². The molecule has 0 radical (unpaired) electrons. The third kappa shape index (κ3) is 5.39. The zero-order valence-corrected chi connectivity index (χ0v) is 19.6. The van der Waals surface area contributed by atoms with Gasteiger partial charge in [-0.05, 0) is 54.3 Å². The van der Waals surface area contributed by atoms with E-state index < -0.39 is 0 Å². The molecule has 3 aromatic carbocycles. The first-order valence-corrected chi connectivity index (χ1v) is 11.5. The van der Waals surface area contributed by atoms with E-state index in [0.29, 0.717) is 38.0 Å². The minimum atomic E-state index is -0.0739. The molecule has 0 bridgehead atoms. The Morgan fingerprint density at radius 1 is 0.882 bits per heavy atom. The van der Waals surface area contributed by atoms with Gasteiger partial charge in [-0.25, -0.2) is 0 Å². The second-order valence-electron chi connectivity index (χ2n) is 8.41. The molecule has 34 heavy (non-hydrogen) atoms. The molecule has 176 valence electrons. The molecule has 0 atom stereocenters. The average Bonchev–Trinajstić information content (AvgIpc) is 2.91. The number of ether oxygens (including phenoxy) is 2. The molecule has 1 fully saturated rings. The molecule has 2 amide bonds. The third-order valence-corrected chi connectivity index (χ3v) is 6.33. The highest BCUT2D eigenvalue weighted by molar-refractivity contribution is 5.95. The molecule has 6 heteroatoms. The minimum absolute atomic E-state index is 0.00340. The molecule has 0 aliphatic carbocycles. The van der Waals surface area contributed by atoms with Crippen LogP contribution in [0.15, 0.2) is 72.8 Å². The second kappa shape index (κ2) is 10.9. The third-order valence-electron chi connectivity index (χ3n) is 6.33. The number of hydrogen-bond donors (Lipinski definition) is 1. The molecular weight excluding hydrogens is 428 g/mol. The van der Waals surface area contributed by atoms with Crippen LogP contribution in [-0.2, 0) is 11.3 Å². The summed E-state index contributed by atoms with van der Waals surface area (Å²) in [6.45, 7) is 1.64. The summed E-state index contributed by atoms with van der Waals surface area (Å²) in [5.41, 5.74) is 3.67. The van der Waals surface area contributed by atoms with Crippen molar-refractivity contribution in [3.05, 3.63) is 83.9 Å². The molecule has 1 heterocycles. The standard InChI is InChI=1S/C28H30N2O4/c1-33-24-13-7-20(8-14-24)19-29-27(31)22-15-17-30(18-16-22)28(32)23-11-9-21(10-12-23)25-5-3-4-6-26(25)34-2/h3-14,22H,15-19H2,1-2H3,(H,29,31). The number of nitrogens with one attached hydrogen (secondary N) is 1. The number of methoxy groups -OCH3 is 2. The summed E-state index contributed by atoms with van der Waals surface area (Å²) in [6, 6.07) is 23.1. The summed E-state index contributed by atoms with van der Waals surface area (Å²) in [6.07, 6.45) is 1.33. The fourth-order valence-electron chi connectivity index (χ4n) is 4.28. The Morgan fingerprint density at radius 2 is 1.56 bits per heavy atom. The molecule has 0 unspecified atom stereocenters. The first-order chi connectivity index (χ1) is 16.6. The summed E-state index contributed by atoms with van der Waals surface area (Å²) >= 11 is 0. The lowest BCUT2D eigenvalue weighted by Crippen LogP contribution is -2.42. The van der Waals surface area contributed by atoms with E-state index >= 15 is 0 Å². The highest BCUT2D eigenvalue weighted by Gasteiger charge is 2.27. The minimum Gasteiger partial charge on any atom is -0.497 e. The molecule has 1 aliphatic rings. The van der Waals surface area contributed by atoms with Gasteiger partial charge in [0, 0.05) is 36.7 Å². The number of para-hydroxylation sites is 1. The smallest absolute Gasteiger partial charge is 0.253 e. The van der Waals surface area contributed by atoms with Crippen LogP contribution in [0.2, 0.25) is 0 Å². The molecule has 0 aromatic heterocycles. The van der Waals surface area contributed by atoms with Gasteiger partial charge in [0.15, 0.2) is 0 Å². The van der Waals surface area contributed by atoms with Crippen molar-refractivity contribution in [1.82, 2.24) is 10.2 Å². The average molecular weight is 459 g/mol. The van der Waals surface area contributed by atoms with Gasteiger partial charge in [0.25, 0.3) is 5.91 Å². The Balaban J connectivity index is 1.29. The van der Waals surface area contributed by atoms with Crippen LogP contribution in [0, 0.1) is 5.92 Å². The van der Waals surface area contributed by atoms with E-state index in [-0.39, 0.29) is 17.7 Å². The van der Waals surface area contributed by atoms with Crippen LogP contribution in [0.25, 0.3) is 11.1 Å². The second-order valence-corrected chi connectivity index (χ2v) is 8.41. The van der Waals surface area contributed by atoms with Gasteiger partial charge in [-0.15, -0.1) is 0 Å². The number of amides is 2. The maximum Gasteiger partial charge on any atom is 0.253 e. The van der Waals surface area contributed by atoms with E-state index in [2.05, 4.69) is 5.32 Å². The largest absolute Gasteiger partial charge is 0.497 e. The van der Waals surface area contributed by atoms with E-state index in [4.69, 9.17) is 9.47 Å². The predicted molar refractivity (Wildman–Crippen MR) is 132 cm³/mol. The molecule has 4 rings (SSSR count). The molecule has 3 aromatic rings. The number of likely N-dealkylation sites (tertiary alicyclic amines) is 1. The van der Waals surface area contributed by atoms with Crippen LogP contribution in [0.1, 0.15) is 28.8 Å². The Morgan fingerprint density at radius 3 is 2.21 bits per heavy atom. The molecule has 0 saturated carbocycles. The van der Waals surface area contributed by atoms with Crippen LogP contribution >= 0.6 is 0 Å². The van der Waals surface area contributed by atoms with Crippen molar-refractivity contribution in [2.45, 2.75) is 19.4 Å². The van der Waals surface area contributed by atoms with Crippen LogP contribution < -0.4 is 14.8 Å². The SMILES string of the molecule is COc1ccc(CNC(=O)C2CCN(C(=O)c3ccc(-c4ccccc4OC)cc3)CC2)cc1. The number of carbonyl (C=O) groups excluding carboxylic acids is 2. The van der Waals surface area contributed by atoms with Crippen LogP contribution in [0.5, 0.6) is 11.5 Å². The lowest BCUT2D eigenvalue weighted by molar-refractivity contribution is -0.126. The van der Waals surface area contributed by atoms with Gasteiger partial charge in [-0.3, -0.25) is 9.59 Å². The van der Waals surface area contributed by atoms with Crippen molar-refractivity contribution in [3.8, 4) is 22.6 Å². The summed E-state index contributed by atoms with van der Waals surface area (Å²) < 4.78 is 10.6. The van der Waals surface area contributed by atoms with Crippen LogP contribution in [-0.4, -0.2) is 44.0 Å². The summed E-state index contributed by atoms with van der Waals surface area (Å²) in [7, 11) is 3.28. The van der Waals surface area contributed by atoms with Gasteiger partial charge in [0.05, 0.1) is 14.2 Å². The number of carbonyl (C=O) groups is 2. The van der Waals surface area contributed by atoms with Crippen molar-refractivity contribution < 1.29 is 19.1 Å². The number of hydrogen-bond acceptors (Lipinski definition) is 4. The van der Waals surface area contributed by atoms with Gasteiger partial charge in [0.2, 0.25) is 5.91 Å². The van der Waals surface area contributed by atoms with Crippen LogP contribution in [0.3, 0.4) is 0 Å². The van der Waals surface area contributed by atoms with Gasteiger partial charge >= 0.3 is 0 Å². The molecule has 6 nitrogen and oxygen atoms in total. The molecule has 1 N–H and O–H groups in total. The number of rotatable bonds is 7. The Hall–Kier alpha value is -3.80. The van der Waals surface area contributed by atoms with Crippen molar-refractivity contribution in [2.75, 3.05) is 27.3 Å². The maximum atomic E-state index is 13.0. The van der Waals surface area contributed by atoms with Crippen molar-refractivity contribution in [2.24, 2.45) is 5.92 Å². The number of piperidine rings is 1.